The summed E-state index contributed by atoms with van der Waals surface area (Å²) in [6.45, 7) is 2.13. The number of likely N-dealkylation sites (tertiary alicyclic amines) is 1. The van der Waals surface area contributed by atoms with Crippen molar-refractivity contribution in [2.75, 3.05) is 13.2 Å². The zero-order valence-corrected chi connectivity index (χ0v) is 18.7. The first-order valence-electron chi connectivity index (χ1n) is 10.9. The molecule has 1 saturated heterocycles. The molecule has 1 fully saturated rings. The number of benzene rings is 3. The van der Waals surface area contributed by atoms with Gasteiger partial charge in [0.05, 0.1) is 17.6 Å². The number of amides is 1. The average Bonchev–Trinajstić information content (AvgIpc) is 3.37. The van der Waals surface area contributed by atoms with Gasteiger partial charge in [-0.05, 0) is 54.1 Å². The lowest BCUT2D eigenvalue weighted by Crippen LogP contribution is -2.24. The minimum Gasteiger partial charge on any atom is -0.492 e. The van der Waals surface area contributed by atoms with Crippen molar-refractivity contribution < 1.29 is 13.9 Å². The summed E-state index contributed by atoms with van der Waals surface area (Å²) in [4.78, 5) is 19.5. The Morgan fingerprint density at radius 2 is 1.79 bits per heavy atom. The number of aromatic nitrogens is 2. The molecule has 0 unspecified atom stereocenters. The molecule has 1 aliphatic rings. The molecule has 1 amide bonds. The largest absolute Gasteiger partial charge is 0.492 e. The van der Waals surface area contributed by atoms with Crippen molar-refractivity contribution >= 4 is 28.5 Å². The molecule has 5 rings (SSSR count). The van der Waals surface area contributed by atoms with Crippen LogP contribution in [0.15, 0.2) is 72.8 Å². The van der Waals surface area contributed by atoms with Crippen LogP contribution >= 0.6 is 11.6 Å². The molecule has 0 radical (unpaired) electrons. The van der Waals surface area contributed by atoms with Crippen LogP contribution in [0.1, 0.15) is 23.7 Å². The normalized spacial score (nSPS) is 16.0. The van der Waals surface area contributed by atoms with Crippen LogP contribution < -0.4 is 4.74 Å². The molecule has 1 aliphatic heterocycles. The van der Waals surface area contributed by atoms with Crippen LogP contribution in [0.5, 0.6) is 5.75 Å². The Bertz CT molecular complexity index is 1270. The molecular formula is C26H23ClFN3O2. The summed E-state index contributed by atoms with van der Waals surface area (Å²) in [5.41, 5.74) is 2.84. The molecule has 3 aromatic carbocycles. The molecule has 4 aromatic rings. The number of carbonyl (C=O) groups excluding carboxylic acids is 1. The molecule has 1 atom stereocenters. The lowest BCUT2D eigenvalue weighted by Gasteiger charge is -2.17. The van der Waals surface area contributed by atoms with E-state index in [1.54, 1.807) is 24.3 Å². The molecule has 0 saturated carbocycles. The number of carbonyl (C=O) groups is 1. The highest BCUT2D eigenvalue weighted by Gasteiger charge is 2.34. The fraction of sp³-hybridized carbons (Fsp3) is 0.231. The molecule has 168 valence electrons. The van der Waals surface area contributed by atoms with Crippen LogP contribution in [-0.4, -0.2) is 33.5 Å². The number of ether oxygens (including phenoxy) is 1. The van der Waals surface area contributed by atoms with Crippen LogP contribution in [0.2, 0.25) is 5.02 Å². The van der Waals surface area contributed by atoms with Crippen LogP contribution in [0.25, 0.3) is 11.0 Å². The Labute approximate surface area is 196 Å². The Morgan fingerprint density at radius 3 is 2.58 bits per heavy atom. The summed E-state index contributed by atoms with van der Waals surface area (Å²) in [7, 11) is 0. The van der Waals surface area contributed by atoms with E-state index in [4.69, 9.17) is 21.3 Å². The van der Waals surface area contributed by atoms with E-state index in [1.165, 1.54) is 12.1 Å². The van der Waals surface area contributed by atoms with Crippen molar-refractivity contribution in [2.24, 2.45) is 0 Å². The highest BCUT2D eigenvalue weighted by atomic mass is 35.5. The van der Waals surface area contributed by atoms with Crippen molar-refractivity contribution in [3.8, 4) is 5.75 Å². The highest BCUT2D eigenvalue weighted by molar-refractivity contribution is 6.30. The zero-order chi connectivity index (χ0) is 22.8. The van der Waals surface area contributed by atoms with E-state index < -0.39 is 0 Å². The number of halogens is 2. The maximum absolute atomic E-state index is 13.2. The van der Waals surface area contributed by atoms with Crippen molar-refractivity contribution in [1.82, 2.24) is 14.5 Å². The third kappa shape index (κ3) is 4.71. The van der Waals surface area contributed by atoms with E-state index >= 15 is 0 Å². The number of rotatable bonds is 7. The summed E-state index contributed by atoms with van der Waals surface area (Å²) >= 11 is 5.95. The summed E-state index contributed by atoms with van der Waals surface area (Å²) in [6, 6.07) is 21.6. The number of hydrogen-bond donors (Lipinski definition) is 0. The second kappa shape index (κ2) is 9.24. The predicted molar refractivity (Wildman–Crippen MR) is 126 cm³/mol. The molecule has 0 aliphatic carbocycles. The first kappa shape index (κ1) is 21.5. The van der Waals surface area contributed by atoms with Crippen molar-refractivity contribution in [2.45, 2.75) is 25.4 Å². The molecule has 7 heteroatoms. The number of fused-ring (bicyclic) bond motifs is 1. The third-order valence-corrected chi connectivity index (χ3v) is 6.20. The third-order valence-electron chi connectivity index (χ3n) is 5.95. The van der Waals surface area contributed by atoms with Crippen LogP contribution in [0.4, 0.5) is 4.39 Å². The van der Waals surface area contributed by atoms with Crippen LogP contribution in [-0.2, 0) is 17.9 Å². The lowest BCUT2D eigenvalue weighted by molar-refractivity contribution is -0.128. The Balaban J connectivity index is 1.34. The van der Waals surface area contributed by atoms with Gasteiger partial charge in [-0.15, -0.1) is 0 Å². The second-order valence-electron chi connectivity index (χ2n) is 8.21. The van der Waals surface area contributed by atoms with Gasteiger partial charge in [0.1, 0.15) is 24.0 Å². The van der Waals surface area contributed by atoms with E-state index in [-0.39, 0.29) is 17.6 Å². The van der Waals surface area contributed by atoms with Gasteiger partial charge in [-0.1, -0.05) is 35.9 Å². The van der Waals surface area contributed by atoms with E-state index in [0.29, 0.717) is 37.7 Å². The predicted octanol–water partition coefficient (Wildman–Crippen LogP) is 5.42. The molecule has 0 N–H and O–H groups in total. The van der Waals surface area contributed by atoms with Gasteiger partial charge >= 0.3 is 0 Å². The minimum atomic E-state index is -0.279. The van der Waals surface area contributed by atoms with Crippen LogP contribution in [0, 0.1) is 5.82 Å². The number of hydrogen-bond acceptors (Lipinski definition) is 3. The van der Waals surface area contributed by atoms with Crippen LogP contribution in [0.3, 0.4) is 0 Å². The van der Waals surface area contributed by atoms with Gasteiger partial charge in [0, 0.05) is 30.5 Å². The van der Waals surface area contributed by atoms with Crippen molar-refractivity contribution in [3.05, 3.63) is 95.0 Å². The average molecular weight is 464 g/mol. The number of nitrogens with zero attached hydrogens (tertiary/aromatic N) is 3. The van der Waals surface area contributed by atoms with Gasteiger partial charge in [0.25, 0.3) is 0 Å². The maximum Gasteiger partial charge on any atom is 0.223 e. The van der Waals surface area contributed by atoms with Gasteiger partial charge in [-0.25, -0.2) is 9.37 Å². The second-order valence-corrected chi connectivity index (χ2v) is 8.65. The van der Waals surface area contributed by atoms with Crippen molar-refractivity contribution in [3.63, 3.8) is 0 Å². The molecule has 1 aromatic heterocycles. The van der Waals surface area contributed by atoms with Crippen molar-refractivity contribution in [1.29, 1.82) is 0 Å². The Morgan fingerprint density at radius 1 is 1.03 bits per heavy atom. The van der Waals surface area contributed by atoms with Gasteiger partial charge in [0.2, 0.25) is 5.91 Å². The first-order chi connectivity index (χ1) is 16.1. The van der Waals surface area contributed by atoms with E-state index in [2.05, 4.69) is 4.57 Å². The molecule has 0 spiro atoms. The monoisotopic (exact) mass is 463 g/mol. The summed E-state index contributed by atoms with van der Waals surface area (Å²) in [5.74, 6) is 1.44. The number of imidazole rings is 1. The van der Waals surface area contributed by atoms with Gasteiger partial charge < -0.3 is 14.2 Å². The van der Waals surface area contributed by atoms with Gasteiger partial charge in [-0.2, -0.15) is 0 Å². The molecule has 5 nitrogen and oxygen atoms in total. The lowest BCUT2D eigenvalue weighted by atomic mass is 10.1. The Hall–Kier alpha value is -3.38. The minimum absolute atomic E-state index is 0.0131. The first-order valence-corrected chi connectivity index (χ1v) is 11.3. The Kier molecular flexibility index (Phi) is 6.01. The zero-order valence-electron chi connectivity index (χ0n) is 18.0. The number of para-hydroxylation sites is 2. The van der Waals surface area contributed by atoms with E-state index in [0.717, 1.165) is 28.2 Å². The van der Waals surface area contributed by atoms with Gasteiger partial charge in [-0.3, -0.25) is 4.79 Å². The highest BCUT2D eigenvalue weighted by Crippen LogP contribution is 2.31. The molecular weight excluding hydrogens is 441 g/mol. The van der Waals surface area contributed by atoms with E-state index in [1.807, 2.05) is 41.3 Å². The fourth-order valence-corrected chi connectivity index (χ4v) is 4.46. The van der Waals surface area contributed by atoms with E-state index in [9.17, 15) is 9.18 Å². The fourth-order valence-electron chi connectivity index (χ4n) is 4.33. The topological polar surface area (TPSA) is 47.4 Å². The van der Waals surface area contributed by atoms with Gasteiger partial charge in [0.15, 0.2) is 0 Å². The molecule has 0 bridgehead atoms. The molecule has 33 heavy (non-hydrogen) atoms. The maximum atomic E-state index is 13.2. The quantitative estimate of drug-likeness (QED) is 0.367. The SMILES string of the molecule is O=C1C[C@H](c2nc3ccccc3n2CCOc2ccc(Cl)cc2)CN1Cc1ccc(F)cc1. The summed E-state index contributed by atoms with van der Waals surface area (Å²) in [5, 5.41) is 0.668. The smallest absolute Gasteiger partial charge is 0.223 e. The molecule has 2 heterocycles. The summed E-state index contributed by atoms with van der Waals surface area (Å²) in [6.07, 6.45) is 0.405. The summed E-state index contributed by atoms with van der Waals surface area (Å²) < 4.78 is 21.3. The standard InChI is InChI=1S/C26H23ClFN3O2/c27-20-7-11-22(12-8-20)33-14-13-31-24-4-2-1-3-23(24)29-26(31)19-15-25(32)30(17-19)16-18-5-9-21(28)10-6-18/h1-12,19H,13-17H2/t19-/m0/s1.